The molecule has 1 atom stereocenters. The van der Waals surface area contributed by atoms with E-state index in [0.29, 0.717) is 12.0 Å². The van der Waals surface area contributed by atoms with E-state index in [1.807, 2.05) is 22.6 Å². The Bertz CT molecular complexity index is 704. The first-order valence-corrected chi connectivity index (χ1v) is 8.36. The highest BCUT2D eigenvalue weighted by Crippen LogP contribution is 2.26. The van der Waals surface area contributed by atoms with E-state index < -0.39 is 0 Å². The molecule has 0 N–H and O–H groups in total. The Morgan fingerprint density at radius 2 is 2.23 bits per heavy atom. The number of ketones is 1. The molecular weight excluding hydrogens is 298 g/mol. The first kappa shape index (κ1) is 15.0. The lowest BCUT2D eigenvalue weighted by atomic mass is 10.0. The van der Waals surface area contributed by atoms with Crippen LogP contribution in [0.15, 0.2) is 23.2 Å². The van der Waals surface area contributed by atoms with E-state index in [1.54, 1.807) is 35.5 Å². The van der Waals surface area contributed by atoms with Crippen LogP contribution in [0.2, 0.25) is 0 Å². The number of carbonyl (C=O) groups excluding carboxylic acids is 2. The van der Waals surface area contributed by atoms with Crippen LogP contribution in [-0.4, -0.2) is 39.0 Å². The first-order chi connectivity index (χ1) is 10.6. The fourth-order valence-electron chi connectivity index (χ4n) is 2.95. The Hall–Kier alpha value is -1.95. The third-order valence-corrected chi connectivity index (χ3v) is 5.03. The molecule has 1 aliphatic heterocycles. The average molecular weight is 317 g/mol. The number of nitrogens with zero attached hydrogens (tertiary/aromatic N) is 3. The van der Waals surface area contributed by atoms with Gasteiger partial charge in [-0.2, -0.15) is 16.4 Å². The largest absolute Gasteiger partial charge is 0.335 e. The zero-order valence-electron chi connectivity index (χ0n) is 12.8. The van der Waals surface area contributed by atoms with Crippen molar-refractivity contribution >= 4 is 23.0 Å². The molecule has 0 bridgehead atoms. The lowest BCUT2D eigenvalue weighted by Crippen LogP contribution is -2.37. The van der Waals surface area contributed by atoms with E-state index in [-0.39, 0.29) is 17.7 Å². The molecule has 6 heteroatoms. The molecule has 0 spiro atoms. The number of aromatic nitrogens is 2. The highest BCUT2D eigenvalue weighted by atomic mass is 32.1. The minimum absolute atomic E-state index is 0.000457. The first-order valence-electron chi connectivity index (χ1n) is 7.42. The molecule has 0 aromatic carbocycles. The van der Waals surface area contributed by atoms with Crippen LogP contribution in [0.5, 0.6) is 0 Å². The molecule has 1 amide bonds. The van der Waals surface area contributed by atoms with Gasteiger partial charge in [-0.25, -0.2) is 0 Å². The number of carbonyl (C=O) groups is 2. The summed E-state index contributed by atoms with van der Waals surface area (Å²) in [6.07, 6.45) is 5.54. The lowest BCUT2D eigenvalue weighted by Gasteiger charge is -2.24. The quantitative estimate of drug-likeness (QED) is 0.815. The maximum absolute atomic E-state index is 12.7. The fraction of sp³-hybridized carbons (Fsp3) is 0.438. The number of amides is 1. The second kappa shape index (κ2) is 6.04. The van der Waals surface area contributed by atoms with Crippen molar-refractivity contribution in [2.45, 2.75) is 32.2 Å². The maximum atomic E-state index is 12.7. The van der Waals surface area contributed by atoms with Crippen LogP contribution < -0.4 is 0 Å². The van der Waals surface area contributed by atoms with Crippen molar-refractivity contribution in [3.8, 4) is 0 Å². The molecule has 3 heterocycles. The summed E-state index contributed by atoms with van der Waals surface area (Å²) >= 11 is 1.54. The Balaban J connectivity index is 1.72. The summed E-state index contributed by atoms with van der Waals surface area (Å²) in [4.78, 5) is 26.9. The van der Waals surface area contributed by atoms with Crippen LogP contribution in [0, 0.1) is 6.92 Å². The highest BCUT2D eigenvalue weighted by molar-refractivity contribution is 7.08. The van der Waals surface area contributed by atoms with Crippen LogP contribution in [0.1, 0.15) is 45.5 Å². The van der Waals surface area contributed by atoms with E-state index in [1.165, 1.54) is 0 Å². The van der Waals surface area contributed by atoms with E-state index in [4.69, 9.17) is 0 Å². The van der Waals surface area contributed by atoms with Gasteiger partial charge in [0, 0.05) is 37.6 Å². The highest BCUT2D eigenvalue weighted by Gasteiger charge is 2.32. The van der Waals surface area contributed by atoms with Crippen LogP contribution in [0.3, 0.4) is 0 Å². The summed E-state index contributed by atoms with van der Waals surface area (Å²) in [6.45, 7) is 2.69. The molecule has 5 nitrogen and oxygen atoms in total. The van der Waals surface area contributed by atoms with E-state index in [2.05, 4.69) is 5.10 Å². The molecule has 0 saturated carbocycles. The number of thiophene rings is 1. The standard InChI is InChI=1S/C16H19N3O2S/c1-11-9-22-10-14(11)16(21)19-5-3-4-13(19)6-15(20)12-7-17-18(2)8-12/h7-10,13H,3-6H2,1-2H3. The summed E-state index contributed by atoms with van der Waals surface area (Å²) in [5.41, 5.74) is 2.40. The molecular formula is C16H19N3O2S. The zero-order chi connectivity index (χ0) is 15.7. The number of hydrogen-bond donors (Lipinski definition) is 0. The van der Waals surface area contributed by atoms with Gasteiger partial charge >= 0.3 is 0 Å². The van der Waals surface area contributed by atoms with Gasteiger partial charge in [0.25, 0.3) is 5.91 Å². The third-order valence-electron chi connectivity index (χ3n) is 4.17. The third kappa shape index (κ3) is 2.83. The Morgan fingerprint density at radius 3 is 2.86 bits per heavy atom. The van der Waals surface area contributed by atoms with Crippen molar-refractivity contribution in [2.75, 3.05) is 6.54 Å². The van der Waals surface area contributed by atoms with Gasteiger partial charge in [0.1, 0.15) is 0 Å². The molecule has 2 aromatic rings. The summed E-state index contributed by atoms with van der Waals surface area (Å²) in [7, 11) is 1.79. The molecule has 2 aromatic heterocycles. The Kier molecular flexibility index (Phi) is 4.11. The summed E-state index contributed by atoms with van der Waals surface area (Å²) in [5.74, 6) is 0.111. The van der Waals surface area contributed by atoms with Crippen molar-refractivity contribution in [1.82, 2.24) is 14.7 Å². The van der Waals surface area contributed by atoms with Crippen molar-refractivity contribution in [3.63, 3.8) is 0 Å². The van der Waals surface area contributed by atoms with Gasteiger partial charge in [-0.3, -0.25) is 14.3 Å². The van der Waals surface area contributed by atoms with Gasteiger partial charge in [0.2, 0.25) is 0 Å². The molecule has 22 heavy (non-hydrogen) atoms. The van der Waals surface area contributed by atoms with Gasteiger partial charge in [-0.15, -0.1) is 0 Å². The number of hydrogen-bond acceptors (Lipinski definition) is 4. The van der Waals surface area contributed by atoms with Crippen LogP contribution in [-0.2, 0) is 7.05 Å². The zero-order valence-corrected chi connectivity index (χ0v) is 13.6. The minimum atomic E-state index is -0.000457. The number of aryl methyl sites for hydroxylation is 2. The van der Waals surface area contributed by atoms with E-state index in [0.717, 1.165) is 30.5 Å². The molecule has 1 aliphatic rings. The molecule has 116 valence electrons. The summed E-state index contributed by atoms with van der Waals surface area (Å²) in [6, 6.07) is -0.000457. The number of Topliss-reactive ketones (excluding diaryl/α,β-unsaturated/α-hetero) is 1. The lowest BCUT2D eigenvalue weighted by molar-refractivity contribution is 0.0717. The van der Waals surface area contributed by atoms with Gasteiger partial charge < -0.3 is 4.90 Å². The molecule has 0 aliphatic carbocycles. The van der Waals surface area contributed by atoms with Crippen molar-refractivity contribution < 1.29 is 9.59 Å². The topological polar surface area (TPSA) is 55.2 Å². The average Bonchev–Trinajstić information content (AvgIpc) is 3.19. The number of rotatable bonds is 4. The Morgan fingerprint density at radius 1 is 1.41 bits per heavy atom. The fourth-order valence-corrected chi connectivity index (χ4v) is 3.77. The SMILES string of the molecule is Cc1cscc1C(=O)N1CCCC1CC(=O)c1cnn(C)c1. The maximum Gasteiger partial charge on any atom is 0.255 e. The normalized spacial score (nSPS) is 17.9. The predicted molar refractivity (Wildman–Crippen MR) is 85.3 cm³/mol. The van der Waals surface area contributed by atoms with Crippen molar-refractivity contribution in [2.24, 2.45) is 7.05 Å². The van der Waals surface area contributed by atoms with Gasteiger partial charge in [-0.1, -0.05) is 0 Å². The van der Waals surface area contributed by atoms with Crippen molar-refractivity contribution in [1.29, 1.82) is 0 Å². The van der Waals surface area contributed by atoms with Gasteiger partial charge in [-0.05, 0) is 30.7 Å². The van der Waals surface area contributed by atoms with Crippen LogP contribution in [0.25, 0.3) is 0 Å². The van der Waals surface area contributed by atoms with Crippen LogP contribution in [0.4, 0.5) is 0 Å². The monoisotopic (exact) mass is 317 g/mol. The van der Waals surface area contributed by atoms with E-state index in [9.17, 15) is 9.59 Å². The summed E-state index contributed by atoms with van der Waals surface area (Å²) < 4.78 is 1.62. The number of likely N-dealkylation sites (tertiary alicyclic amines) is 1. The van der Waals surface area contributed by atoms with Gasteiger partial charge in [0.05, 0.1) is 17.3 Å². The molecule has 1 fully saturated rings. The molecule has 1 saturated heterocycles. The predicted octanol–water partition coefficient (Wildman–Crippen LogP) is 2.67. The Labute approximate surface area is 133 Å². The smallest absolute Gasteiger partial charge is 0.255 e. The van der Waals surface area contributed by atoms with Crippen LogP contribution >= 0.6 is 11.3 Å². The van der Waals surface area contributed by atoms with E-state index >= 15 is 0 Å². The summed E-state index contributed by atoms with van der Waals surface area (Å²) in [5, 5.41) is 7.92. The molecule has 0 radical (unpaired) electrons. The molecule has 1 unspecified atom stereocenters. The van der Waals surface area contributed by atoms with Gasteiger partial charge in [0.15, 0.2) is 5.78 Å². The molecule has 3 rings (SSSR count). The minimum Gasteiger partial charge on any atom is -0.335 e. The second-order valence-electron chi connectivity index (χ2n) is 5.79. The second-order valence-corrected chi connectivity index (χ2v) is 6.54. The van der Waals surface area contributed by atoms with Crippen molar-refractivity contribution in [3.05, 3.63) is 39.8 Å².